The normalized spacial score (nSPS) is 14.0. The number of benzene rings is 2. The first-order valence-corrected chi connectivity index (χ1v) is 10.0. The van der Waals surface area contributed by atoms with Crippen LogP contribution in [0, 0.1) is 0 Å². The largest absolute Gasteiger partial charge is 0.393 e. The monoisotopic (exact) mass is 376 g/mol. The van der Waals surface area contributed by atoms with E-state index in [2.05, 4.69) is 6.58 Å². The molecule has 2 N–H and O–H groups in total. The number of aliphatic hydroxyl groups excluding tert-OH is 1. The van der Waals surface area contributed by atoms with Crippen LogP contribution in [0.15, 0.2) is 72.8 Å². The third kappa shape index (κ3) is 5.90. The molecule has 0 aliphatic carbocycles. The van der Waals surface area contributed by atoms with Crippen molar-refractivity contribution in [2.45, 2.75) is 25.7 Å². The lowest BCUT2D eigenvalue weighted by Gasteiger charge is -2.30. The lowest BCUT2D eigenvalue weighted by Crippen LogP contribution is -2.38. The van der Waals surface area contributed by atoms with Gasteiger partial charge in [-0.1, -0.05) is 67.2 Å². The van der Waals surface area contributed by atoms with E-state index in [1.54, 1.807) is 6.92 Å². The van der Waals surface area contributed by atoms with Gasteiger partial charge in [-0.05, 0) is 23.6 Å². The van der Waals surface area contributed by atoms with Crippen LogP contribution in [0.5, 0.6) is 0 Å². The van der Waals surface area contributed by atoms with Crippen molar-refractivity contribution in [2.24, 2.45) is 0 Å². The molecule has 0 saturated heterocycles. The van der Waals surface area contributed by atoms with Gasteiger partial charge in [0.2, 0.25) is 0 Å². The van der Waals surface area contributed by atoms with Gasteiger partial charge in [0, 0.05) is 0 Å². The van der Waals surface area contributed by atoms with Gasteiger partial charge in [-0.15, -0.1) is 0 Å². The second-order valence-electron chi connectivity index (χ2n) is 6.26. The van der Waals surface area contributed by atoms with Gasteiger partial charge >= 0.3 is 7.60 Å². The molecule has 0 fully saturated rings. The molecule has 0 radical (unpaired) electrons. The number of hydrogen-bond acceptors (Lipinski definition) is 5. The van der Waals surface area contributed by atoms with E-state index < -0.39 is 19.8 Å². The summed E-state index contributed by atoms with van der Waals surface area (Å²) in [6, 6.07) is 18.5. The summed E-state index contributed by atoms with van der Waals surface area (Å²) in [6.45, 7) is 4.77. The van der Waals surface area contributed by atoms with Gasteiger partial charge in [-0.2, -0.15) is 0 Å². The molecule has 0 bridgehead atoms. The summed E-state index contributed by atoms with van der Waals surface area (Å²) < 4.78 is 24.5. The van der Waals surface area contributed by atoms with E-state index in [4.69, 9.17) is 9.05 Å². The van der Waals surface area contributed by atoms with E-state index in [0.29, 0.717) is 5.57 Å². The van der Waals surface area contributed by atoms with Crippen molar-refractivity contribution in [3.8, 4) is 0 Å². The van der Waals surface area contributed by atoms with Crippen molar-refractivity contribution in [3.05, 3.63) is 83.9 Å². The van der Waals surface area contributed by atoms with Crippen LogP contribution in [0.1, 0.15) is 18.1 Å². The van der Waals surface area contributed by atoms with Gasteiger partial charge in [-0.3, -0.25) is 4.57 Å². The van der Waals surface area contributed by atoms with E-state index in [0.717, 1.165) is 11.1 Å². The maximum atomic E-state index is 13.3. The van der Waals surface area contributed by atoms with E-state index in [1.165, 1.54) is 0 Å². The van der Waals surface area contributed by atoms with Crippen LogP contribution in [-0.2, 0) is 26.8 Å². The second-order valence-corrected chi connectivity index (χ2v) is 8.31. The lowest BCUT2D eigenvalue weighted by molar-refractivity contribution is 0.0291. The van der Waals surface area contributed by atoms with Crippen molar-refractivity contribution in [3.63, 3.8) is 0 Å². The van der Waals surface area contributed by atoms with E-state index in [9.17, 15) is 14.8 Å². The summed E-state index contributed by atoms with van der Waals surface area (Å²) in [5.41, 5.74) is 0.229. The minimum atomic E-state index is -3.71. The fraction of sp³-hybridized carbons (Fsp3) is 0.300. The minimum Gasteiger partial charge on any atom is -0.393 e. The van der Waals surface area contributed by atoms with E-state index in [1.807, 2.05) is 60.7 Å². The van der Waals surface area contributed by atoms with Gasteiger partial charge in [-0.25, -0.2) is 0 Å². The summed E-state index contributed by atoms with van der Waals surface area (Å²) in [5.74, 6) is 0. The minimum absolute atomic E-state index is 0.0740. The summed E-state index contributed by atoms with van der Waals surface area (Å²) in [7, 11) is -3.71. The quantitative estimate of drug-likeness (QED) is 0.486. The Bertz CT molecular complexity index is 700. The van der Waals surface area contributed by atoms with E-state index in [-0.39, 0.29) is 19.4 Å². The Hall–Kier alpha value is -1.75. The molecule has 0 amide bonds. The van der Waals surface area contributed by atoms with Crippen LogP contribution in [0.2, 0.25) is 0 Å². The second kappa shape index (κ2) is 9.26. The molecule has 0 aliphatic rings. The molecule has 26 heavy (non-hydrogen) atoms. The fourth-order valence-corrected chi connectivity index (χ4v) is 4.22. The number of rotatable bonds is 10. The van der Waals surface area contributed by atoms with Gasteiger partial charge < -0.3 is 19.3 Å². The van der Waals surface area contributed by atoms with Crippen LogP contribution in [-0.4, -0.2) is 28.6 Å². The third-order valence-corrected chi connectivity index (χ3v) is 6.01. The van der Waals surface area contributed by atoms with Gasteiger partial charge in [0.1, 0.15) is 5.60 Å². The topological polar surface area (TPSA) is 76.0 Å². The van der Waals surface area contributed by atoms with Crippen molar-refractivity contribution in [2.75, 3.05) is 12.8 Å². The van der Waals surface area contributed by atoms with Crippen molar-refractivity contribution >= 4 is 7.60 Å². The summed E-state index contributed by atoms with van der Waals surface area (Å²) >= 11 is 0. The Balaban J connectivity index is 2.15. The van der Waals surface area contributed by atoms with Crippen LogP contribution >= 0.6 is 7.60 Å². The Morgan fingerprint density at radius 3 is 1.77 bits per heavy atom. The zero-order chi connectivity index (χ0) is 19.0. The molecule has 0 unspecified atom stereocenters. The molecule has 5 nitrogen and oxygen atoms in total. The maximum Gasteiger partial charge on any atom is 0.334 e. The molecule has 0 heterocycles. The van der Waals surface area contributed by atoms with E-state index >= 15 is 0 Å². The predicted octanol–water partition coefficient (Wildman–Crippen LogP) is 3.91. The molecule has 6 heteroatoms. The molecule has 140 valence electrons. The highest BCUT2D eigenvalue weighted by molar-refractivity contribution is 7.53. The first kappa shape index (κ1) is 20.6. The Labute approximate surface area is 154 Å². The van der Waals surface area contributed by atoms with Crippen LogP contribution in [0.25, 0.3) is 0 Å². The number of aliphatic hydroxyl groups is 2. The van der Waals surface area contributed by atoms with Crippen molar-refractivity contribution < 1.29 is 23.8 Å². The SMILES string of the molecule is C=C(C)[C@](O)(CO)CP(=O)(OCc1ccccc1)OCc1ccccc1. The zero-order valence-electron chi connectivity index (χ0n) is 14.9. The lowest BCUT2D eigenvalue weighted by atomic mass is 10.0. The van der Waals surface area contributed by atoms with Gasteiger partial charge in [0.25, 0.3) is 0 Å². The molecule has 0 aliphatic heterocycles. The average Bonchev–Trinajstić information content (AvgIpc) is 2.66. The molecule has 2 rings (SSSR count). The molecule has 1 atom stereocenters. The first-order chi connectivity index (χ1) is 12.4. The Morgan fingerprint density at radius 2 is 1.42 bits per heavy atom. The highest BCUT2D eigenvalue weighted by atomic mass is 31.2. The molecular formula is C20H25O5P. The zero-order valence-corrected chi connectivity index (χ0v) is 15.8. The van der Waals surface area contributed by atoms with Crippen molar-refractivity contribution in [1.29, 1.82) is 0 Å². The summed E-state index contributed by atoms with van der Waals surface area (Å²) in [4.78, 5) is 0. The Kier molecular flexibility index (Phi) is 7.33. The van der Waals surface area contributed by atoms with Crippen LogP contribution < -0.4 is 0 Å². The van der Waals surface area contributed by atoms with Gasteiger partial charge in [0.15, 0.2) is 0 Å². The molecule has 0 aromatic heterocycles. The molecule has 2 aromatic carbocycles. The van der Waals surface area contributed by atoms with Crippen LogP contribution in [0.4, 0.5) is 0 Å². The first-order valence-electron chi connectivity index (χ1n) is 8.32. The molecular weight excluding hydrogens is 351 g/mol. The maximum absolute atomic E-state index is 13.3. The summed E-state index contributed by atoms with van der Waals surface area (Å²) in [5, 5.41) is 20.1. The smallest absolute Gasteiger partial charge is 0.334 e. The Morgan fingerprint density at radius 1 is 1.00 bits per heavy atom. The average molecular weight is 376 g/mol. The summed E-state index contributed by atoms with van der Waals surface area (Å²) in [6.07, 6.45) is -0.370. The highest BCUT2D eigenvalue weighted by Crippen LogP contribution is 2.52. The predicted molar refractivity (Wildman–Crippen MR) is 102 cm³/mol. The standard InChI is InChI=1S/C20H25O5P/c1-17(2)20(22,15-21)16-26(23,24-13-18-9-5-3-6-10-18)25-14-19-11-7-4-8-12-19/h3-12,21-22H,1,13-16H2,2H3/t20-/m0/s1. The van der Waals surface area contributed by atoms with Crippen molar-refractivity contribution in [1.82, 2.24) is 0 Å². The molecule has 0 spiro atoms. The van der Waals surface area contributed by atoms with Gasteiger partial charge in [0.05, 0.1) is 26.0 Å². The van der Waals surface area contributed by atoms with Crippen LogP contribution in [0.3, 0.4) is 0 Å². The number of hydrogen-bond donors (Lipinski definition) is 2. The molecule has 0 saturated carbocycles. The fourth-order valence-electron chi connectivity index (χ4n) is 2.26. The third-order valence-electron chi connectivity index (χ3n) is 4.05. The molecule has 2 aromatic rings. The highest BCUT2D eigenvalue weighted by Gasteiger charge is 2.39.